The molecule has 3 nitrogen and oxygen atoms in total. The molecule has 2 fully saturated rings. The van der Waals surface area contributed by atoms with E-state index in [1.807, 2.05) is 0 Å². The van der Waals surface area contributed by atoms with Crippen LogP contribution in [0.5, 0.6) is 0 Å². The molecule has 0 aromatic carbocycles. The summed E-state index contributed by atoms with van der Waals surface area (Å²) in [7, 11) is 2.14. The van der Waals surface area contributed by atoms with Crippen LogP contribution in [0.4, 0.5) is 0 Å². The van der Waals surface area contributed by atoms with Gasteiger partial charge in [-0.25, -0.2) is 0 Å². The summed E-state index contributed by atoms with van der Waals surface area (Å²) >= 11 is 0. The van der Waals surface area contributed by atoms with Crippen LogP contribution in [0.15, 0.2) is 0 Å². The summed E-state index contributed by atoms with van der Waals surface area (Å²) in [5.74, 6) is 0.808. The van der Waals surface area contributed by atoms with Gasteiger partial charge in [0.2, 0.25) is 0 Å². The number of hydrogen-bond acceptors (Lipinski definition) is 3. The monoisotopic (exact) mass is 282 g/mol. The summed E-state index contributed by atoms with van der Waals surface area (Å²) in [6, 6.07) is 0.664. The van der Waals surface area contributed by atoms with Crippen LogP contribution in [0.1, 0.15) is 58.8 Å². The zero-order valence-electron chi connectivity index (χ0n) is 13.8. The number of rotatable bonds is 7. The van der Waals surface area contributed by atoms with Crippen LogP contribution in [-0.4, -0.2) is 49.8 Å². The van der Waals surface area contributed by atoms with Gasteiger partial charge >= 0.3 is 0 Å². The number of ether oxygens (including phenoxy) is 1. The van der Waals surface area contributed by atoms with E-state index in [9.17, 15) is 0 Å². The van der Waals surface area contributed by atoms with Gasteiger partial charge in [0.05, 0.1) is 5.60 Å². The Morgan fingerprint density at radius 1 is 1.25 bits per heavy atom. The Labute approximate surface area is 125 Å². The minimum Gasteiger partial charge on any atom is -0.375 e. The fraction of sp³-hybridized carbons (Fsp3) is 1.00. The van der Waals surface area contributed by atoms with Crippen LogP contribution in [0.3, 0.4) is 0 Å². The summed E-state index contributed by atoms with van der Waals surface area (Å²) in [5.41, 5.74) is 0.257. The third-order valence-electron chi connectivity index (χ3n) is 5.64. The molecule has 2 unspecified atom stereocenters. The lowest BCUT2D eigenvalue weighted by molar-refractivity contribution is -0.0981. The Hall–Kier alpha value is -0.120. The molecule has 2 atom stereocenters. The molecule has 1 spiro atoms. The van der Waals surface area contributed by atoms with Gasteiger partial charge < -0.3 is 15.0 Å². The van der Waals surface area contributed by atoms with E-state index < -0.39 is 0 Å². The van der Waals surface area contributed by atoms with E-state index in [0.29, 0.717) is 6.04 Å². The lowest BCUT2D eigenvalue weighted by atomic mass is 9.79. The lowest BCUT2D eigenvalue weighted by Gasteiger charge is -2.41. The van der Waals surface area contributed by atoms with E-state index in [4.69, 9.17) is 4.74 Å². The van der Waals surface area contributed by atoms with E-state index in [2.05, 4.69) is 31.1 Å². The molecule has 0 aromatic heterocycles. The molecule has 118 valence electrons. The fourth-order valence-electron chi connectivity index (χ4n) is 4.25. The number of nitrogens with one attached hydrogen (secondary N) is 1. The molecule has 2 rings (SSSR count). The van der Waals surface area contributed by atoms with Crippen molar-refractivity contribution in [1.82, 2.24) is 10.2 Å². The van der Waals surface area contributed by atoms with Crippen LogP contribution in [0.2, 0.25) is 0 Å². The molecule has 1 aliphatic carbocycles. The molecule has 2 aliphatic rings. The molecule has 1 aliphatic heterocycles. The van der Waals surface area contributed by atoms with Crippen molar-refractivity contribution in [1.29, 1.82) is 0 Å². The van der Waals surface area contributed by atoms with E-state index in [-0.39, 0.29) is 5.60 Å². The van der Waals surface area contributed by atoms with Crippen LogP contribution < -0.4 is 5.32 Å². The zero-order valence-corrected chi connectivity index (χ0v) is 13.8. The second-order valence-electron chi connectivity index (χ2n) is 6.70. The van der Waals surface area contributed by atoms with Crippen LogP contribution in [-0.2, 0) is 4.74 Å². The van der Waals surface area contributed by atoms with Gasteiger partial charge in [0, 0.05) is 12.6 Å². The van der Waals surface area contributed by atoms with Crippen LogP contribution in [0.25, 0.3) is 0 Å². The van der Waals surface area contributed by atoms with Gasteiger partial charge in [-0.1, -0.05) is 26.7 Å². The average molecular weight is 282 g/mol. The summed E-state index contributed by atoms with van der Waals surface area (Å²) in [4.78, 5) is 2.54. The second kappa shape index (κ2) is 7.77. The first-order valence-electron chi connectivity index (χ1n) is 8.76. The van der Waals surface area contributed by atoms with E-state index in [0.717, 1.165) is 12.5 Å². The summed E-state index contributed by atoms with van der Waals surface area (Å²) in [6.07, 6.45) is 9.15. The lowest BCUT2D eigenvalue weighted by Crippen LogP contribution is -2.46. The first-order valence-corrected chi connectivity index (χ1v) is 8.76. The molecule has 0 bridgehead atoms. The maximum absolute atomic E-state index is 6.18. The average Bonchev–Trinajstić information content (AvgIpc) is 2.92. The van der Waals surface area contributed by atoms with Crippen molar-refractivity contribution in [3.8, 4) is 0 Å². The van der Waals surface area contributed by atoms with Gasteiger partial charge in [-0.3, -0.25) is 0 Å². The molecular formula is C17H34N2O. The van der Waals surface area contributed by atoms with E-state index in [1.165, 1.54) is 64.6 Å². The maximum Gasteiger partial charge on any atom is 0.0685 e. The van der Waals surface area contributed by atoms with Crippen molar-refractivity contribution in [2.45, 2.75) is 70.4 Å². The molecule has 1 N–H and O–H groups in total. The standard InChI is InChI=1S/C17H34N2O/c1-4-19(5-2)12-8-16(18-3)15-9-13-20-17(14-15)10-6-7-11-17/h15-16,18H,4-14H2,1-3H3. The van der Waals surface area contributed by atoms with Crippen molar-refractivity contribution in [2.24, 2.45) is 5.92 Å². The first kappa shape index (κ1) is 16.3. The summed E-state index contributed by atoms with van der Waals surface area (Å²) < 4.78 is 6.18. The van der Waals surface area contributed by atoms with E-state index in [1.54, 1.807) is 0 Å². The van der Waals surface area contributed by atoms with Gasteiger partial charge in [-0.2, -0.15) is 0 Å². The van der Waals surface area contributed by atoms with Crippen molar-refractivity contribution < 1.29 is 4.74 Å². The topological polar surface area (TPSA) is 24.5 Å². The van der Waals surface area contributed by atoms with Crippen molar-refractivity contribution in [3.05, 3.63) is 0 Å². The Balaban J connectivity index is 1.86. The number of hydrogen-bond donors (Lipinski definition) is 1. The highest BCUT2D eigenvalue weighted by atomic mass is 16.5. The van der Waals surface area contributed by atoms with Gasteiger partial charge in [0.25, 0.3) is 0 Å². The maximum atomic E-state index is 6.18. The highest BCUT2D eigenvalue weighted by molar-refractivity contribution is 4.94. The van der Waals surface area contributed by atoms with Crippen molar-refractivity contribution in [3.63, 3.8) is 0 Å². The molecule has 0 aromatic rings. The molecule has 0 radical (unpaired) electrons. The molecular weight excluding hydrogens is 248 g/mol. The minimum atomic E-state index is 0.257. The SMILES string of the molecule is CCN(CC)CCC(NC)C1CCOC2(CCCC2)C1. The van der Waals surface area contributed by atoms with Crippen LogP contribution >= 0.6 is 0 Å². The van der Waals surface area contributed by atoms with Crippen molar-refractivity contribution in [2.75, 3.05) is 33.3 Å². The quantitative estimate of drug-likeness (QED) is 0.777. The number of nitrogens with zero attached hydrogens (tertiary/aromatic N) is 1. The largest absolute Gasteiger partial charge is 0.375 e. The predicted molar refractivity (Wildman–Crippen MR) is 85.1 cm³/mol. The summed E-state index contributed by atoms with van der Waals surface area (Å²) in [5, 5.41) is 3.60. The van der Waals surface area contributed by atoms with Crippen LogP contribution in [0, 0.1) is 5.92 Å². The fourth-order valence-corrected chi connectivity index (χ4v) is 4.25. The molecule has 1 saturated heterocycles. The molecule has 0 amide bonds. The van der Waals surface area contributed by atoms with Gasteiger partial charge in [0.1, 0.15) is 0 Å². The highest BCUT2D eigenvalue weighted by Gasteiger charge is 2.41. The van der Waals surface area contributed by atoms with Gasteiger partial charge in [0.15, 0.2) is 0 Å². The van der Waals surface area contributed by atoms with Gasteiger partial charge in [-0.15, -0.1) is 0 Å². The smallest absolute Gasteiger partial charge is 0.0685 e. The van der Waals surface area contributed by atoms with E-state index >= 15 is 0 Å². The Morgan fingerprint density at radius 3 is 2.55 bits per heavy atom. The zero-order chi connectivity index (χ0) is 14.4. The Bertz CT molecular complexity index is 272. The molecule has 3 heteroatoms. The Morgan fingerprint density at radius 2 is 1.95 bits per heavy atom. The predicted octanol–water partition coefficient (Wildman–Crippen LogP) is 3.05. The molecule has 20 heavy (non-hydrogen) atoms. The third kappa shape index (κ3) is 3.96. The van der Waals surface area contributed by atoms with Crippen molar-refractivity contribution >= 4 is 0 Å². The van der Waals surface area contributed by atoms with Gasteiger partial charge in [-0.05, 0) is 64.7 Å². The third-order valence-corrected chi connectivity index (χ3v) is 5.64. The first-order chi connectivity index (χ1) is 9.73. The molecule has 1 heterocycles. The Kier molecular flexibility index (Phi) is 6.31. The second-order valence-corrected chi connectivity index (χ2v) is 6.70. The molecule has 1 saturated carbocycles. The highest BCUT2D eigenvalue weighted by Crippen LogP contribution is 2.43. The minimum absolute atomic E-state index is 0.257. The normalized spacial score (nSPS) is 27.3. The summed E-state index contributed by atoms with van der Waals surface area (Å²) in [6.45, 7) is 9.08.